The van der Waals surface area contributed by atoms with Crippen LogP contribution in [0.5, 0.6) is 0 Å². The van der Waals surface area contributed by atoms with E-state index in [1.54, 1.807) is 25.1 Å². The lowest BCUT2D eigenvalue weighted by atomic mass is 10.0. The number of hydrogen-bond acceptors (Lipinski definition) is 4. The molecule has 0 amide bonds. The Balaban J connectivity index is 3.17. The Morgan fingerprint density at radius 2 is 1.80 bits per heavy atom. The summed E-state index contributed by atoms with van der Waals surface area (Å²) in [4.78, 5) is 16.1. The number of hydrogen-bond donors (Lipinski definition) is 0. The third-order valence-corrected chi connectivity index (χ3v) is 1.95. The summed E-state index contributed by atoms with van der Waals surface area (Å²) in [6.07, 6.45) is 0. The van der Waals surface area contributed by atoms with Gasteiger partial charge in [-0.25, -0.2) is 4.79 Å². The Hall–Kier alpha value is -1.84. The van der Waals surface area contributed by atoms with Gasteiger partial charge in [0.1, 0.15) is 7.11 Å². The monoisotopic (exact) mass is 207 g/mol. The van der Waals surface area contributed by atoms with E-state index in [1.165, 1.54) is 14.2 Å². The van der Waals surface area contributed by atoms with Crippen LogP contribution >= 0.6 is 0 Å². The Morgan fingerprint density at radius 3 is 2.33 bits per heavy atom. The van der Waals surface area contributed by atoms with Crippen molar-refractivity contribution in [3.8, 4) is 0 Å². The van der Waals surface area contributed by atoms with Gasteiger partial charge >= 0.3 is 5.97 Å². The standard InChI is InChI=1S/C11H13NO3/c1-8(12-15-3)9-6-4-5-7-10(9)11(13)14-2/h4-7H,1-3H3. The maximum absolute atomic E-state index is 11.4. The molecule has 4 nitrogen and oxygen atoms in total. The fourth-order valence-corrected chi connectivity index (χ4v) is 1.27. The van der Waals surface area contributed by atoms with Gasteiger partial charge in [0, 0.05) is 5.56 Å². The third kappa shape index (κ3) is 2.56. The summed E-state index contributed by atoms with van der Waals surface area (Å²) in [5.74, 6) is -0.378. The van der Waals surface area contributed by atoms with E-state index >= 15 is 0 Å². The fourth-order valence-electron chi connectivity index (χ4n) is 1.27. The highest BCUT2D eigenvalue weighted by Crippen LogP contribution is 2.11. The summed E-state index contributed by atoms with van der Waals surface area (Å²) < 4.78 is 4.67. The van der Waals surface area contributed by atoms with E-state index in [-0.39, 0.29) is 5.97 Å². The first-order valence-electron chi connectivity index (χ1n) is 4.46. The van der Waals surface area contributed by atoms with Gasteiger partial charge in [0.25, 0.3) is 0 Å². The van der Waals surface area contributed by atoms with Crippen molar-refractivity contribution in [1.29, 1.82) is 0 Å². The van der Waals surface area contributed by atoms with Gasteiger partial charge in [-0.1, -0.05) is 23.4 Å². The summed E-state index contributed by atoms with van der Waals surface area (Å²) in [6.45, 7) is 1.77. The molecule has 0 atom stereocenters. The average molecular weight is 207 g/mol. The van der Waals surface area contributed by atoms with Crippen LogP contribution in [0.25, 0.3) is 0 Å². The lowest BCUT2D eigenvalue weighted by molar-refractivity contribution is 0.0600. The molecule has 15 heavy (non-hydrogen) atoms. The summed E-state index contributed by atoms with van der Waals surface area (Å²) in [5.41, 5.74) is 1.84. The molecule has 1 rings (SSSR count). The molecule has 80 valence electrons. The van der Waals surface area contributed by atoms with Crippen LogP contribution in [-0.2, 0) is 9.57 Å². The van der Waals surface area contributed by atoms with Crippen LogP contribution in [-0.4, -0.2) is 25.9 Å². The number of methoxy groups -OCH3 is 1. The van der Waals surface area contributed by atoms with E-state index < -0.39 is 0 Å². The molecule has 1 aromatic rings. The number of esters is 1. The second-order valence-electron chi connectivity index (χ2n) is 2.90. The SMILES string of the molecule is CON=C(C)c1ccccc1C(=O)OC. The molecule has 0 aliphatic carbocycles. The lowest BCUT2D eigenvalue weighted by Crippen LogP contribution is -2.09. The summed E-state index contributed by atoms with van der Waals surface area (Å²) in [5, 5.41) is 3.78. The van der Waals surface area contributed by atoms with Crippen LogP contribution in [0.15, 0.2) is 29.4 Å². The number of carbonyl (C=O) groups is 1. The molecule has 0 heterocycles. The van der Waals surface area contributed by atoms with E-state index in [2.05, 4.69) is 14.7 Å². The first-order valence-corrected chi connectivity index (χ1v) is 4.46. The van der Waals surface area contributed by atoms with Gasteiger partial charge in [-0.15, -0.1) is 0 Å². The molecule has 0 fully saturated rings. The minimum Gasteiger partial charge on any atom is -0.465 e. The summed E-state index contributed by atoms with van der Waals surface area (Å²) >= 11 is 0. The topological polar surface area (TPSA) is 47.9 Å². The molecule has 4 heteroatoms. The van der Waals surface area contributed by atoms with E-state index in [0.29, 0.717) is 16.8 Å². The Morgan fingerprint density at radius 1 is 1.20 bits per heavy atom. The molecular weight excluding hydrogens is 194 g/mol. The maximum atomic E-state index is 11.4. The highest BCUT2D eigenvalue weighted by molar-refractivity contribution is 6.07. The highest BCUT2D eigenvalue weighted by Gasteiger charge is 2.12. The predicted molar refractivity (Wildman–Crippen MR) is 57.0 cm³/mol. The molecule has 0 unspecified atom stereocenters. The number of nitrogens with zero attached hydrogens (tertiary/aromatic N) is 1. The quantitative estimate of drug-likeness (QED) is 0.431. The second-order valence-corrected chi connectivity index (χ2v) is 2.90. The zero-order chi connectivity index (χ0) is 11.3. The zero-order valence-corrected chi connectivity index (χ0v) is 8.98. The minimum absolute atomic E-state index is 0.378. The minimum atomic E-state index is -0.378. The molecule has 0 N–H and O–H groups in total. The summed E-state index contributed by atoms with van der Waals surface area (Å²) in [6, 6.07) is 7.09. The van der Waals surface area contributed by atoms with Crippen molar-refractivity contribution < 1.29 is 14.4 Å². The van der Waals surface area contributed by atoms with Crippen molar-refractivity contribution >= 4 is 11.7 Å². The maximum Gasteiger partial charge on any atom is 0.338 e. The van der Waals surface area contributed by atoms with E-state index in [4.69, 9.17) is 0 Å². The van der Waals surface area contributed by atoms with E-state index in [1.807, 2.05) is 6.07 Å². The van der Waals surface area contributed by atoms with Gasteiger partial charge in [-0.3, -0.25) is 0 Å². The van der Waals surface area contributed by atoms with Crippen LogP contribution in [0.1, 0.15) is 22.8 Å². The molecule has 0 saturated carbocycles. The van der Waals surface area contributed by atoms with Crippen molar-refractivity contribution in [3.63, 3.8) is 0 Å². The highest BCUT2D eigenvalue weighted by atomic mass is 16.6. The fraction of sp³-hybridized carbons (Fsp3) is 0.273. The van der Waals surface area contributed by atoms with Crippen molar-refractivity contribution in [3.05, 3.63) is 35.4 Å². The number of oxime groups is 1. The van der Waals surface area contributed by atoms with Crippen LogP contribution < -0.4 is 0 Å². The molecule has 0 spiro atoms. The summed E-state index contributed by atoms with van der Waals surface area (Å²) in [7, 11) is 2.81. The normalized spacial score (nSPS) is 11.0. The molecule has 0 aliphatic rings. The Kier molecular flexibility index (Phi) is 3.85. The molecule has 0 saturated heterocycles. The van der Waals surface area contributed by atoms with E-state index in [0.717, 1.165) is 0 Å². The molecule has 1 aromatic carbocycles. The smallest absolute Gasteiger partial charge is 0.338 e. The number of rotatable bonds is 3. The number of carbonyl (C=O) groups excluding carboxylic acids is 1. The first kappa shape index (κ1) is 11.2. The molecule has 0 radical (unpaired) electrons. The number of ether oxygens (including phenoxy) is 1. The lowest BCUT2D eigenvalue weighted by Gasteiger charge is -2.06. The Bertz CT molecular complexity index is 385. The largest absolute Gasteiger partial charge is 0.465 e. The first-order chi connectivity index (χ1) is 7.20. The average Bonchev–Trinajstić information content (AvgIpc) is 2.28. The van der Waals surface area contributed by atoms with Crippen molar-refractivity contribution in [2.24, 2.45) is 5.16 Å². The predicted octanol–water partition coefficient (Wildman–Crippen LogP) is 1.84. The molecule has 0 aromatic heterocycles. The molecular formula is C11H13NO3. The van der Waals surface area contributed by atoms with Crippen molar-refractivity contribution in [1.82, 2.24) is 0 Å². The number of benzene rings is 1. The zero-order valence-electron chi connectivity index (χ0n) is 8.98. The van der Waals surface area contributed by atoms with Gasteiger partial charge < -0.3 is 9.57 Å². The van der Waals surface area contributed by atoms with E-state index in [9.17, 15) is 4.79 Å². The van der Waals surface area contributed by atoms with Crippen LogP contribution in [0.2, 0.25) is 0 Å². The molecule has 0 bridgehead atoms. The van der Waals surface area contributed by atoms with Gasteiger partial charge in [-0.2, -0.15) is 0 Å². The van der Waals surface area contributed by atoms with Gasteiger partial charge in [0.15, 0.2) is 0 Å². The van der Waals surface area contributed by atoms with Crippen LogP contribution in [0, 0.1) is 0 Å². The molecule has 0 aliphatic heterocycles. The Labute approximate surface area is 88.5 Å². The van der Waals surface area contributed by atoms with Gasteiger partial charge in [0.05, 0.1) is 18.4 Å². The van der Waals surface area contributed by atoms with Gasteiger partial charge in [0.2, 0.25) is 0 Å². The van der Waals surface area contributed by atoms with Gasteiger partial charge in [-0.05, 0) is 13.0 Å². The van der Waals surface area contributed by atoms with Crippen LogP contribution in [0.4, 0.5) is 0 Å². The second kappa shape index (κ2) is 5.14. The van der Waals surface area contributed by atoms with Crippen molar-refractivity contribution in [2.45, 2.75) is 6.92 Å². The van der Waals surface area contributed by atoms with Crippen LogP contribution in [0.3, 0.4) is 0 Å². The van der Waals surface area contributed by atoms with Crippen molar-refractivity contribution in [2.75, 3.05) is 14.2 Å². The third-order valence-electron chi connectivity index (χ3n) is 1.95.